The van der Waals surface area contributed by atoms with Gasteiger partial charge < -0.3 is 14.8 Å². The minimum atomic E-state index is -0.894. The van der Waals surface area contributed by atoms with Crippen LogP contribution in [0.3, 0.4) is 0 Å². The molecule has 0 fully saturated rings. The van der Waals surface area contributed by atoms with E-state index in [1.54, 1.807) is 19.1 Å². The van der Waals surface area contributed by atoms with Gasteiger partial charge in [0.2, 0.25) is 0 Å². The Labute approximate surface area is 151 Å². The number of thioether (sulfide) groups is 1. The van der Waals surface area contributed by atoms with E-state index in [0.717, 1.165) is 10.5 Å². The van der Waals surface area contributed by atoms with Gasteiger partial charge >= 0.3 is 5.97 Å². The maximum absolute atomic E-state index is 12.3. The lowest BCUT2D eigenvalue weighted by Gasteiger charge is -2.15. The number of hydrogen-bond acceptors (Lipinski definition) is 5. The highest BCUT2D eigenvalue weighted by atomic mass is 32.2. The lowest BCUT2D eigenvalue weighted by atomic mass is 10.2. The highest BCUT2D eigenvalue weighted by molar-refractivity contribution is 8.00. The minimum absolute atomic E-state index is 0.148. The monoisotopic (exact) mass is 359 g/mol. The van der Waals surface area contributed by atoms with Crippen molar-refractivity contribution < 1.29 is 19.1 Å². The first-order chi connectivity index (χ1) is 12.0. The number of aryl methyl sites for hydroxylation is 1. The molecule has 5 nitrogen and oxygen atoms in total. The number of rotatable bonds is 7. The molecule has 25 heavy (non-hydrogen) atoms. The Bertz CT molecular complexity index is 733. The molecular weight excluding hydrogens is 338 g/mol. The molecule has 1 atom stereocenters. The SMILES string of the molecule is COc1ccc(C)cc1NC(=O)[C@@H](C)OC(=O)CSc1ccccc1. The molecule has 1 amide bonds. The summed E-state index contributed by atoms with van der Waals surface area (Å²) in [5.41, 5.74) is 1.54. The molecule has 0 bridgehead atoms. The molecule has 1 N–H and O–H groups in total. The van der Waals surface area contributed by atoms with Crippen LogP contribution in [0.25, 0.3) is 0 Å². The summed E-state index contributed by atoms with van der Waals surface area (Å²) in [4.78, 5) is 25.1. The molecule has 2 aromatic rings. The maximum Gasteiger partial charge on any atom is 0.317 e. The van der Waals surface area contributed by atoms with Gasteiger partial charge in [-0.05, 0) is 43.7 Å². The lowest BCUT2D eigenvalue weighted by Crippen LogP contribution is -2.30. The van der Waals surface area contributed by atoms with Crippen molar-refractivity contribution in [2.75, 3.05) is 18.2 Å². The van der Waals surface area contributed by atoms with Crippen molar-refractivity contribution in [3.05, 3.63) is 54.1 Å². The van der Waals surface area contributed by atoms with Crippen LogP contribution in [-0.4, -0.2) is 30.8 Å². The minimum Gasteiger partial charge on any atom is -0.495 e. The van der Waals surface area contributed by atoms with Crippen molar-refractivity contribution in [3.8, 4) is 5.75 Å². The fraction of sp³-hybridized carbons (Fsp3) is 0.263. The quantitative estimate of drug-likeness (QED) is 0.604. The molecule has 0 aliphatic carbocycles. The van der Waals surface area contributed by atoms with Crippen LogP contribution >= 0.6 is 11.8 Å². The molecule has 0 radical (unpaired) electrons. The molecule has 0 aliphatic heterocycles. The van der Waals surface area contributed by atoms with Gasteiger partial charge in [0.1, 0.15) is 5.75 Å². The van der Waals surface area contributed by atoms with Gasteiger partial charge in [0.15, 0.2) is 6.10 Å². The van der Waals surface area contributed by atoms with E-state index in [1.165, 1.54) is 18.9 Å². The smallest absolute Gasteiger partial charge is 0.317 e. The fourth-order valence-corrected chi connectivity index (χ4v) is 2.80. The van der Waals surface area contributed by atoms with Crippen LogP contribution in [0.5, 0.6) is 5.75 Å². The van der Waals surface area contributed by atoms with Crippen LogP contribution in [0.1, 0.15) is 12.5 Å². The molecule has 0 aromatic heterocycles. The molecule has 0 heterocycles. The molecule has 132 valence electrons. The number of esters is 1. The number of ether oxygens (including phenoxy) is 2. The number of amides is 1. The first kappa shape index (κ1) is 18.9. The molecule has 6 heteroatoms. The first-order valence-electron chi connectivity index (χ1n) is 7.82. The third kappa shape index (κ3) is 5.83. The highest BCUT2D eigenvalue weighted by Crippen LogP contribution is 2.25. The molecule has 0 spiro atoms. The molecule has 0 saturated heterocycles. The summed E-state index contributed by atoms with van der Waals surface area (Å²) in [6.45, 7) is 3.46. The summed E-state index contributed by atoms with van der Waals surface area (Å²) in [5, 5.41) is 2.73. The Morgan fingerprint density at radius 2 is 1.88 bits per heavy atom. The third-order valence-electron chi connectivity index (χ3n) is 3.39. The first-order valence-corrected chi connectivity index (χ1v) is 8.81. The molecule has 0 saturated carbocycles. The fourth-order valence-electron chi connectivity index (χ4n) is 2.10. The van der Waals surface area contributed by atoms with Crippen LogP contribution < -0.4 is 10.1 Å². The van der Waals surface area contributed by atoms with Gasteiger partial charge in [-0.1, -0.05) is 24.3 Å². The number of hydrogen-bond donors (Lipinski definition) is 1. The summed E-state index contributed by atoms with van der Waals surface area (Å²) >= 11 is 1.37. The van der Waals surface area contributed by atoms with Gasteiger partial charge in [-0.25, -0.2) is 0 Å². The average molecular weight is 359 g/mol. The van der Waals surface area contributed by atoms with Gasteiger partial charge in [0.25, 0.3) is 5.91 Å². The number of carbonyl (C=O) groups excluding carboxylic acids is 2. The topological polar surface area (TPSA) is 64.6 Å². The van der Waals surface area contributed by atoms with E-state index in [-0.39, 0.29) is 5.75 Å². The summed E-state index contributed by atoms with van der Waals surface area (Å²) in [6, 6.07) is 15.0. The van der Waals surface area contributed by atoms with E-state index in [0.29, 0.717) is 11.4 Å². The molecule has 2 rings (SSSR count). The van der Waals surface area contributed by atoms with Crippen molar-refractivity contribution in [2.24, 2.45) is 0 Å². The van der Waals surface area contributed by atoms with Crippen molar-refractivity contribution in [1.82, 2.24) is 0 Å². The molecule has 0 unspecified atom stereocenters. The van der Waals surface area contributed by atoms with Crippen LogP contribution in [-0.2, 0) is 14.3 Å². The Balaban J connectivity index is 1.87. The summed E-state index contributed by atoms with van der Waals surface area (Å²) in [5.74, 6) is -0.137. The number of nitrogens with one attached hydrogen (secondary N) is 1. The van der Waals surface area contributed by atoms with E-state index in [4.69, 9.17) is 9.47 Å². The van der Waals surface area contributed by atoms with Gasteiger partial charge in [0.05, 0.1) is 18.6 Å². The van der Waals surface area contributed by atoms with Crippen LogP contribution in [0.4, 0.5) is 5.69 Å². The number of benzene rings is 2. The largest absolute Gasteiger partial charge is 0.495 e. The zero-order valence-corrected chi connectivity index (χ0v) is 15.3. The van der Waals surface area contributed by atoms with E-state index in [2.05, 4.69) is 5.32 Å². The second kappa shape index (κ2) is 9.13. The van der Waals surface area contributed by atoms with Gasteiger partial charge in [0, 0.05) is 4.90 Å². The van der Waals surface area contributed by atoms with Crippen LogP contribution in [0.2, 0.25) is 0 Å². The van der Waals surface area contributed by atoms with Crippen molar-refractivity contribution in [1.29, 1.82) is 0 Å². The van der Waals surface area contributed by atoms with Crippen LogP contribution in [0.15, 0.2) is 53.4 Å². The van der Waals surface area contributed by atoms with Gasteiger partial charge in [-0.15, -0.1) is 11.8 Å². The van der Waals surface area contributed by atoms with Gasteiger partial charge in [-0.2, -0.15) is 0 Å². The summed E-state index contributed by atoms with van der Waals surface area (Å²) < 4.78 is 10.4. The summed E-state index contributed by atoms with van der Waals surface area (Å²) in [7, 11) is 1.53. The Morgan fingerprint density at radius 1 is 1.16 bits per heavy atom. The number of anilines is 1. The molecule has 0 aliphatic rings. The van der Waals surface area contributed by atoms with Crippen molar-refractivity contribution >= 4 is 29.3 Å². The standard InChI is InChI=1S/C19H21NO4S/c1-13-9-10-17(23-3)16(11-13)20-19(22)14(2)24-18(21)12-25-15-7-5-4-6-8-15/h4-11,14H,12H2,1-3H3,(H,20,22)/t14-/m1/s1. The zero-order valence-electron chi connectivity index (χ0n) is 14.4. The van der Waals surface area contributed by atoms with E-state index in [9.17, 15) is 9.59 Å². The zero-order chi connectivity index (χ0) is 18.2. The van der Waals surface area contributed by atoms with Gasteiger partial charge in [-0.3, -0.25) is 9.59 Å². The Morgan fingerprint density at radius 3 is 2.56 bits per heavy atom. The second-order valence-corrected chi connectivity index (χ2v) is 6.48. The summed E-state index contributed by atoms with van der Waals surface area (Å²) in [6.07, 6.45) is -0.894. The van der Waals surface area contributed by atoms with Crippen LogP contribution in [0, 0.1) is 6.92 Å². The third-order valence-corrected chi connectivity index (χ3v) is 4.38. The van der Waals surface area contributed by atoms with E-state index >= 15 is 0 Å². The van der Waals surface area contributed by atoms with E-state index in [1.807, 2.05) is 43.3 Å². The predicted octanol–water partition coefficient (Wildman–Crippen LogP) is 3.67. The normalized spacial score (nSPS) is 11.5. The number of methoxy groups -OCH3 is 1. The Hall–Kier alpha value is -2.47. The average Bonchev–Trinajstić information content (AvgIpc) is 2.61. The predicted molar refractivity (Wildman–Crippen MR) is 99.1 cm³/mol. The Kier molecular flexibility index (Phi) is 6.89. The lowest BCUT2D eigenvalue weighted by molar-refractivity contribution is -0.150. The van der Waals surface area contributed by atoms with Crippen molar-refractivity contribution in [2.45, 2.75) is 24.8 Å². The van der Waals surface area contributed by atoms with Crippen molar-refractivity contribution in [3.63, 3.8) is 0 Å². The maximum atomic E-state index is 12.3. The highest BCUT2D eigenvalue weighted by Gasteiger charge is 2.19. The molecule has 2 aromatic carbocycles. The van der Waals surface area contributed by atoms with E-state index < -0.39 is 18.0 Å². The second-order valence-electron chi connectivity index (χ2n) is 5.43. The molecular formula is C19H21NO4S. The number of carbonyl (C=O) groups is 2.